The fourth-order valence-corrected chi connectivity index (χ4v) is 2.46. The van der Waals surface area contributed by atoms with Crippen molar-refractivity contribution in [2.24, 2.45) is 4.99 Å². The van der Waals surface area contributed by atoms with Crippen LogP contribution in [0.1, 0.15) is 27.4 Å². The van der Waals surface area contributed by atoms with Crippen LogP contribution in [0.2, 0.25) is 0 Å². The highest BCUT2D eigenvalue weighted by Gasteiger charge is 2.11. The lowest BCUT2D eigenvalue weighted by atomic mass is 10.2. The summed E-state index contributed by atoms with van der Waals surface area (Å²) in [7, 11) is 1.55. The fraction of sp³-hybridized carbons (Fsp3) is 0.143. The maximum atomic E-state index is 10.8. The number of ether oxygens (including phenoxy) is 2. The van der Waals surface area contributed by atoms with Crippen LogP contribution in [0.15, 0.2) is 64.0 Å². The number of methoxy groups -OCH3 is 1. The lowest BCUT2D eigenvalue weighted by Gasteiger charge is -2.10. The number of carboxylic acids is 1. The van der Waals surface area contributed by atoms with E-state index in [2.05, 4.69) is 4.99 Å². The van der Waals surface area contributed by atoms with E-state index in [1.807, 2.05) is 43.3 Å². The molecule has 1 heterocycles. The largest absolute Gasteiger partial charge is 0.493 e. The summed E-state index contributed by atoms with van der Waals surface area (Å²) in [4.78, 5) is 15.3. The van der Waals surface area contributed by atoms with Crippen LogP contribution in [-0.4, -0.2) is 24.4 Å². The topological polar surface area (TPSA) is 81.3 Å². The minimum atomic E-state index is -1.11. The second kappa shape index (κ2) is 8.23. The number of carboxylic acid groups (broad SMARTS) is 1. The third-order valence-electron chi connectivity index (χ3n) is 3.79. The van der Waals surface area contributed by atoms with Gasteiger partial charge in [-0.15, -0.1) is 0 Å². The quantitative estimate of drug-likeness (QED) is 0.618. The average Bonchev–Trinajstić information content (AvgIpc) is 3.14. The lowest BCUT2D eigenvalue weighted by Crippen LogP contribution is -1.98. The summed E-state index contributed by atoms with van der Waals surface area (Å²) < 4.78 is 16.2. The van der Waals surface area contributed by atoms with Gasteiger partial charge in [0.15, 0.2) is 11.5 Å². The highest BCUT2D eigenvalue weighted by Crippen LogP contribution is 2.29. The molecule has 0 aliphatic carbocycles. The second-order valence-corrected chi connectivity index (χ2v) is 5.87. The standard InChI is InChI=1S/C21H19NO5/c1-14-4-3-5-16(10-14)22-12-15-6-8-18(20(11-15)25-2)26-13-17-7-9-19(27-17)21(23)24/h3-12H,13H2,1-2H3,(H,23,24). The van der Waals surface area contributed by atoms with Crippen molar-refractivity contribution in [2.45, 2.75) is 13.5 Å². The number of aliphatic imine (C=N–C) groups is 1. The van der Waals surface area contributed by atoms with E-state index in [1.165, 1.54) is 6.07 Å². The van der Waals surface area contributed by atoms with Crippen molar-refractivity contribution in [1.29, 1.82) is 0 Å². The third-order valence-corrected chi connectivity index (χ3v) is 3.79. The molecule has 2 aromatic carbocycles. The number of hydrogen-bond donors (Lipinski definition) is 1. The molecule has 0 aliphatic rings. The zero-order chi connectivity index (χ0) is 19.2. The molecule has 1 N–H and O–H groups in total. The highest BCUT2D eigenvalue weighted by molar-refractivity contribution is 5.84. The number of rotatable bonds is 7. The zero-order valence-corrected chi connectivity index (χ0v) is 15.0. The Kier molecular flexibility index (Phi) is 5.56. The van der Waals surface area contributed by atoms with Gasteiger partial charge in [0.25, 0.3) is 0 Å². The number of aryl methyl sites for hydroxylation is 1. The Hall–Kier alpha value is -3.54. The van der Waals surface area contributed by atoms with Gasteiger partial charge in [0.1, 0.15) is 12.4 Å². The Morgan fingerprint density at radius 2 is 2.00 bits per heavy atom. The summed E-state index contributed by atoms with van der Waals surface area (Å²) >= 11 is 0. The molecule has 3 aromatic rings. The summed E-state index contributed by atoms with van der Waals surface area (Å²) in [6.45, 7) is 2.12. The van der Waals surface area contributed by atoms with E-state index < -0.39 is 5.97 Å². The molecule has 138 valence electrons. The van der Waals surface area contributed by atoms with Crippen molar-refractivity contribution in [1.82, 2.24) is 0 Å². The van der Waals surface area contributed by atoms with E-state index in [4.69, 9.17) is 19.0 Å². The minimum absolute atomic E-state index is 0.0976. The van der Waals surface area contributed by atoms with Crippen LogP contribution in [0.4, 0.5) is 5.69 Å². The molecule has 0 unspecified atom stereocenters. The molecular formula is C21H19NO5. The van der Waals surface area contributed by atoms with Crippen LogP contribution in [0.25, 0.3) is 0 Å². The smallest absolute Gasteiger partial charge is 0.371 e. The van der Waals surface area contributed by atoms with Gasteiger partial charge in [0, 0.05) is 6.21 Å². The number of nitrogens with zero attached hydrogens (tertiary/aromatic N) is 1. The SMILES string of the molecule is COc1cc(C=Nc2cccc(C)c2)ccc1OCc1ccc(C(=O)O)o1. The molecule has 0 fully saturated rings. The van der Waals surface area contributed by atoms with E-state index in [9.17, 15) is 4.79 Å². The van der Waals surface area contributed by atoms with Crippen molar-refractivity contribution in [3.8, 4) is 11.5 Å². The first-order chi connectivity index (χ1) is 13.0. The van der Waals surface area contributed by atoms with Crippen molar-refractivity contribution in [3.05, 3.63) is 77.2 Å². The predicted octanol–water partition coefficient (Wildman–Crippen LogP) is 4.62. The lowest BCUT2D eigenvalue weighted by molar-refractivity contribution is 0.0658. The van der Waals surface area contributed by atoms with Crippen molar-refractivity contribution in [2.75, 3.05) is 7.11 Å². The molecule has 0 amide bonds. The summed E-state index contributed by atoms with van der Waals surface area (Å²) in [5.74, 6) is 0.255. The van der Waals surface area contributed by atoms with Gasteiger partial charge in [0.2, 0.25) is 5.76 Å². The predicted molar refractivity (Wildman–Crippen MR) is 101 cm³/mol. The van der Waals surface area contributed by atoms with Crippen molar-refractivity contribution < 1.29 is 23.8 Å². The van der Waals surface area contributed by atoms with Crippen LogP contribution in [0.5, 0.6) is 11.5 Å². The van der Waals surface area contributed by atoms with E-state index in [-0.39, 0.29) is 12.4 Å². The Morgan fingerprint density at radius 1 is 1.15 bits per heavy atom. The molecule has 0 aliphatic heterocycles. The summed E-state index contributed by atoms with van der Waals surface area (Å²) in [6.07, 6.45) is 1.76. The van der Waals surface area contributed by atoms with Crippen LogP contribution >= 0.6 is 0 Å². The Labute approximate surface area is 156 Å². The van der Waals surface area contributed by atoms with Crippen LogP contribution in [0, 0.1) is 6.92 Å². The molecule has 0 saturated heterocycles. The first-order valence-electron chi connectivity index (χ1n) is 8.29. The molecular weight excluding hydrogens is 346 g/mol. The molecule has 0 bridgehead atoms. The Morgan fingerprint density at radius 3 is 2.70 bits per heavy atom. The van der Waals surface area contributed by atoms with E-state index in [1.54, 1.807) is 25.5 Å². The van der Waals surface area contributed by atoms with Crippen molar-refractivity contribution in [3.63, 3.8) is 0 Å². The van der Waals surface area contributed by atoms with Crippen LogP contribution in [-0.2, 0) is 6.61 Å². The number of aromatic carboxylic acids is 1. The van der Waals surface area contributed by atoms with Crippen LogP contribution < -0.4 is 9.47 Å². The Balaban J connectivity index is 1.70. The van der Waals surface area contributed by atoms with Gasteiger partial charge in [-0.25, -0.2) is 4.79 Å². The first kappa shape index (κ1) is 18.3. The molecule has 3 rings (SSSR count). The van der Waals surface area contributed by atoms with Gasteiger partial charge >= 0.3 is 5.97 Å². The minimum Gasteiger partial charge on any atom is -0.493 e. The molecule has 6 nitrogen and oxygen atoms in total. The summed E-state index contributed by atoms with van der Waals surface area (Å²) in [6, 6.07) is 16.3. The van der Waals surface area contributed by atoms with Gasteiger partial charge in [-0.2, -0.15) is 0 Å². The van der Waals surface area contributed by atoms with Gasteiger partial charge < -0.3 is 19.0 Å². The number of benzene rings is 2. The highest BCUT2D eigenvalue weighted by atomic mass is 16.5. The second-order valence-electron chi connectivity index (χ2n) is 5.87. The van der Waals surface area contributed by atoms with Crippen LogP contribution in [0.3, 0.4) is 0 Å². The number of carbonyl (C=O) groups is 1. The Bertz CT molecular complexity index is 974. The molecule has 27 heavy (non-hydrogen) atoms. The average molecular weight is 365 g/mol. The number of furan rings is 1. The third kappa shape index (κ3) is 4.76. The van der Waals surface area contributed by atoms with Gasteiger partial charge in [-0.3, -0.25) is 4.99 Å². The van der Waals surface area contributed by atoms with E-state index in [0.717, 1.165) is 16.8 Å². The molecule has 0 saturated carbocycles. The molecule has 0 spiro atoms. The summed E-state index contributed by atoms with van der Waals surface area (Å²) in [5, 5.41) is 8.88. The van der Waals surface area contributed by atoms with Gasteiger partial charge in [-0.05, 0) is 60.5 Å². The van der Waals surface area contributed by atoms with E-state index in [0.29, 0.717) is 17.3 Å². The van der Waals surface area contributed by atoms with E-state index >= 15 is 0 Å². The first-order valence-corrected chi connectivity index (χ1v) is 8.29. The van der Waals surface area contributed by atoms with Gasteiger partial charge in [-0.1, -0.05) is 12.1 Å². The van der Waals surface area contributed by atoms with Crippen molar-refractivity contribution >= 4 is 17.9 Å². The zero-order valence-electron chi connectivity index (χ0n) is 15.0. The molecule has 0 atom stereocenters. The normalized spacial score (nSPS) is 10.9. The summed E-state index contributed by atoms with van der Waals surface area (Å²) in [5.41, 5.74) is 2.89. The number of hydrogen-bond acceptors (Lipinski definition) is 5. The van der Waals surface area contributed by atoms with Gasteiger partial charge in [0.05, 0.1) is 12.8 Å². The molecule has 1 aromatic heterocycles. The molecule has 6 heteroatoms. The maximum absolute atomic E-state index is 10.8. The molecule has 0 radical (unpaired) electrons. The monoisotopic (exact) mass is 365 g/mol. The maximum Gasteiger partial charge on any atom is 0.371 e. The fourth-order valence-electron chi connectivity index (χ4n) is 2.46.